The summed E-state index contributed by atoms with van der Waals surface area (Å²) in [4.78, 5) is 39.3. The SMILES string of the molecule is CC(=O)O[C@]12C[C@H](C)[C@H](OC(=O)/C=C/c3ccccc3)[C@@H]1C=C(CO)CC[C@H]1[C@@H](C=C(C)C2=O)C1(C)C. The monoisotopic (exact) mass is 506 g/mol. The second-order valence-corrected chi connectivity index (χ2v) is 11.5. The molecule has 1 aromatic rings. The summed E-state index contributed by atoms with van der Waals surface area (Å²) in [5.41, 5.74) is 0.768. The lowest BCUT2D eigenvalue weighted by atomic mass is 9.81. The minimum atomic E-state index is -1.50. The van der Waals surface area contributed by atoms with Crippen LogP contribution in [-0.2, 0) is 23.9 Å². The van der Waals surface area contributed by atoms with Gasteiger partial charge in [-0.25, -0.2) is 4.79 Å². The standard InChI is InChI=1S/C31H38O6/c1-19-15-25-24(30(25,4)5)13-11-23(18-32)16-26-28(20(2)17-31(26,29(19)35)37-21(3)33)36-27(34)14-12-22-9-7-6-8-10-22/h6-10,12,14-16,20,24-26,28,32H,11,13,17-18H2,1-5H3/b14-12+,19-15?,23-16?/t20-,24-,25+,26-,28-,31+/m0/s1. The first-order valence-corrected chi connectivity index (χ1v) is 13.2. The van der Waals surface area contributed by atoms with Crippen molar-refractivity contribution in [1.82, 2.24) is 0 Å². The van der Waals surface area contributed by atoms with E-state index in [1.807, 2.05) is 49.4 Å². The fourth-order valence-corrected chi connectivity index (χ4v) is 6.48. The number of carbonyl (C=O) groups excluding carboxylic acids is 3. The van der Waals surface area contributed by atoms with Crippen LogP contribution in [-0.4, -0.2) is 41.1 Å². The molecule has 0 saturated heterocycles. The lowest BCUT2D eigenvalue weighted by Gasteiger charge is -2.34. The van der Waals surface area contributed by atoms with Crippen LogP contribution in [0.25, 0.3) is 6.08 Å². The largest absolute Gasteiger partial charge is 0.458 e. The Balaban J connectivity index is 1.73. The van der Waals surface area contributed by atoms with Crippen molar-refractivity contribution in [3.05, 3.63) is 65.3 Å². The number of hydrogen-bond acceptors (Lipinski definition) is 6. The van der Waals surface area contributed by atoms with E-state index >= 15 is 0 Å². The molecule has 0 aromatic heterocycles. The molecule has 37 heavy (non-hydrogen) atoms. The number of benzene rings is 1. The maximum Gasteiger partial charge on any atom is 0.331 e. The van der Waals surface area contributed by atoms with Gasteiger partial charge in [0.05, 0.1) is 12.5 Å². The highest BCUT2D eigenvalue weighted by atomic mass is 16.6. The third kappa shape index (κ3) is 5.35. The molecule has 0 amide bonds. The molecule has 2 saturated carbocycles. The minimum absolute atomic E-state index is 0.0709. The summed E-state index contributed by atoms with van der Waals surface area (Å²) >= 11 is 0. The Bertz CT molecular complexity index is 1140. The highest BCUT2D eigenvalue weighted by Crippen LogP contribution is 2.62. The second kappa shape index (κ2) is 10.4. The zero-order valence-electron chi connectivity index (χ0n) is 22.4. The summed E-state index contributed by atoms with van der Waals surface area (Å²) < 4.78 is 11.8. The smallest absolute Gasteiger partial charge is 0.331 e. The van der Waals surface area contributed by atoms with Crippen molar-refractivity contribution in [3.63, 3.8) is 0 Å². The van der Waals surface area contributed by atoms with Crippen molar-refractivity contribution in [2.45, 2.75) is 65.6 Å². The predicted octanol–water partition coefficient (Wildman–Crippen LogP) is 5.07. The number of aliphatic hydroxyl groups is 1. The van der Waals surface area contributed by atoms with Gasteiger partial charge in [0.2, 0.25) is 5.78 Å². The van der Waals surface area contributed by atoms with Gasteiger partial charge in [0.25, 0.3) is 0 Å². The molecule has 3 aliphatic carbocycles. The fraction of sp³-hybridized carbons (Fsp3) is 0.516. The molecule has 2 fully saturated rings. The number of ketones is 1. The highest BCUT2D eigenvalue weighted by molar-refractivity contribution is 6.03. The number of aliphatic hydroxyl groups excluding tert-OH is 1. The maximum atomic E-state index is 14.1. The molecule has 0 aliphatic heterocycles. The number of carbonyl (C=O) groups is 3. The molecule has 0 heterocycles. The molecule has 6 heteroatoms. The van der Waals surface area contributed by atoms with E-state index in [0.717, 1.165) is 17.6 Å². The molecule has 6 nitrogen and oxygen atoms in total. The zero-order valence-corrected chi connectivity index (χ0v) is 22.4. The third-order valence-corrected chi connectivity index (χ3v) is 8.57. The van der Waals surface area contributed by atoms with E-state index in [2.05, 4.69) is 13.8 Å². The number of ether oxygens (including phenoxy) is 2. The Morgan fingerprint density at radius 2 is 1.84 bits per heavy atom. The average molecular weight is 507 g/mol. The van der Waals surface area contributed by atoms with Gasteiger partial charge in [0.1, 0.15) is 6.10 Å². The quantitative estimate of drug-likeness (QED) is 0.341. The molecule has 1 aromatic carbocycles. The van der Waals surface area contributed by atoms with Crippen molar-refractivity contribution in [2.24, 2.45) is 29.1 Å². The van der Waals surface area contributed by atoms with E-state index in [0.29, 0.717) is 17.9 Å². The van der Waals surface area contributed by atoms with Crippen molar-refractivity contribution >= 4 is 23.8 Å². The van der Waals surface area contributed by atoms with Crippen LogP contribution in [0, 0.1) is 29.1 Å². The Morgan fingerprint density at radius 1 is 1.14 bits per heavy atom. The van der Waals surface area contributed by atoms with Crippen LogP contribution in [0.4, 0.5) is 0 Å². The van der Waals surface area contributed by atoms with Crippen molar-refractivity contribution in [3.8, 4) is 0 Å². The first-order chi connectivity index (χ1) is 17.5. The predicted molar refractivity (Wildman–Crippen MR) is 141 cm³/mol. The average Bonchev–Trinajstić information content (AvgIpc) is 3.26. The molecule has 1 N–H and O–H groups in total. The van der Waals surface area contributed by atoms with E-state index in [1.54, 1.807) is 13.0 Å². The number of Topliss-reactive ketones (excluding diaryl/α,β-unsaturated/α-hetero) is 1. The second-order valence-electron chi connectivity index (χ2n) is 11.5. The number of fused-ring (bicyclic) bond motifs is 2. The van der Waals surface area contributed by atoms with Gasteiger partial charge in [-0.1, -0.05) is 63.3 Å². The summed E-state index contributed by atoms with van der Waals surface area (Å²) in [7, 11) is 0. The van der Waals surface area contributed by atoms with Gasteiger partial charge in [-0.05, 0) is 65.7 Å². The first-order valence-electron chi connectivity index (χ1n) is 13.2. The van der Waals surface area contributed by atoms with Gasteiger partial charge in [-0.2, -0.15) is 0 Å². The molecule has 0 unspecified atom stereocenters. The topological polar surface area (TPSA) is 89.9 Å². The molecular formula is C31H38O6. The van der Waals surface area contributed by atoms with E-state index in [-0.39, 0.29) is 36.1 Å². The highest BCUT2D eigenvalue weighted by Gasteiger charge is 2.61. The van der Waals surface area contributed by atoms with Crippen molar-refractivity contribution in [2.75, 3.05) is 6.61 Å². The fourth-order valence-electron chi connectivity index (χ4n) is 6.48. The Labute approximate surface area is 219 Å². The Morgan fingerprint density at radius 3 is 2.49 bits per heavy atom. The maximum absolute atomic E-state index is 14.1. The van der Waals surface area contributed by atoms with Crippen LogP contribution in [0.15, 0.2) is 59.7 Å². The summed E-state index contributed by atoms with van der Waals surface area (Å²) in [5.74, 6) is -1.65. The van der Waals surface area contributed by atoms with Gasteiger partial charge < -0.3 is 14.6 Å². The lowest BCUT2D eigenvalue weighted by Crippen LogP contribution is -2.48. The molecule has 0 radical (unpaired) electrons. The summed E-state index contributed by atoms with van der Waals surface area (Å²) in [6.07, 6.45) is 8.01. The zero-order chi connectivity index (χ0) is 27.0. The Kier molecular flexibility index (Phi) is 7.61. The molecule has 198 valence electrons. The third-order valence-electron chi connectivity index (χ3n) is 8.57. The lowest BCUT2D eigenvalue weighted by molar-refractivity contribution is -0.169. The van der Waals surface area contributed by atoms with Gasteiger partial charge in [0, 0.05) is 19.4 Å². The minimum Gasteiger partial charge on any atom is -0.458 e. The van der Waals surface area contributed by atoms with Crippen LogP contribution in [0.3, 0.4) is 0 Å². The van der Waals surface area contributed by atoms with E-state index in [1.165, 1.54) is 13.0 Å². The Hall–Kier alpha value is -2.99. The van der Waals surface area contributed by atoms with Gasteiger partial charge >= 0.3 is 11.9 Å². The molecular weight excluding hydrogens is 468 g/mol. The van der Waals surface area contributed by atoms with Gasteiger partial charge in [-0.15, -0.1) is 0 Å². The van der Waals surface area contributed by atoms with E-state index < -0.39 is 29.6 Å². The normalized spacial score (nSPS) is 32.9. The van der Waals surface area contributed by atoms with E-state index in [9.17, 15) is 19.5 Å². The van der Waals surface area contributed by atoms with Crippen molar-refractivity contribution in [1.29, 1.82) is 0 Å². The van der Waals surface area contributed by atoms with Crippen LogP contribution < -0.4 is 0 Å². The van der Waals surface area contributed by atoms with Crippen LogP contribution >= 0.6 is 0 Å². The number of rotatable bonds is 5. The number of allylic oxidation sites excluding steroid dienone is 1. The summed E-state index contributed by atoms with van der Waals surface area (Å²) in [5, 5.41) is 10.2. The van der Waals surface area contributed by atoms with E-state index in [4.69, 9.17) is 9.47 Å². The van der Waals surface area contributed by atoms with Crippen LogP contribution in [0.5, 0.6) is 0 Å². The number of esters is 2. The molecule has 6 atom stereocenters. The summed E-state index contributed by atoms with van der Waals surface area (Å²) in [6, 6.07) is 9.43. The molecule has 0 bridgehead atoms. The number of hydrogen-bond donors (Lipinski definition) is 1. The van der Waals surface area contributed by atoms with Crippen molar-refractivity contribution < 1.29 is 29.0 Å². The first kappa shape index (κ1) is 27.1. The van der Waals surface area contributed by atoms with Crippen LogP contribution in [0.2, 0.25) is 0 Å². The van der Waals surface area contributed by atoms with Crippen LogP contribution in [0.1, 0.15) is 59.4 Å². The summed E-state index contributed by atoms with van der Waals surface area (Å²) in [6.45, 7) is 9.22. The molecule has 4 rings (SSSR count). The van der Waals surface area contributed by atoms with Gasteiger partial charge in [-0.3, -0.25) is 9.59 Å². The molecule has 0 spiro atoms. The molecule has 3 aliphatic rings. The van der Waals surface area contributed by atoms with Gasteiger partial charge in [0.15, 0.2) is 5.60 Å².